The fraction of sp³-hybridized carbons (Fsp3) is 0.381. The second kappa shape index (κ2) is 9.06. The molecular formula is C21H25ClN4O2. The molecule has 0 radical (unpaired) electrons. The summed E-state index contributed by atoms with van der Waals surface area (Å²) in [4.78, 5) is 32.9. The zero-order valence-corrected chi connectivity index (χ0v) is 16.9. The molecule has 2 heterocycles. The third kappa shape index (κ3) is 5.23. The van der Waals surface area contributed by atoms with Crippen LogP contribution in [0.25, 0.3) is 0 Å². The van der Waals surface area contributed by atoms with Crippen LogP contribution < -0.4 is 10.2 Å². The van der Waals surface area contributed by atoms with Gasteiger partial charge in [-0.05, 0) is 36.2 Å². The van der Waals surface area contributed by atoms with Crippen molar-refractivity contribution in [3.8, 4) is 0 Å². The van der Waals surface area contributed by atoms with E-state index >= 15 is 0 Å². The van der Waals surface area contributed by atoms with Crippen molar-refractivity contribution in [2.24, 2.45) is 5.92 Å². The van der Waals surface area contributed by atoms with Gasteiger partial charge in [-0.25, -0.2) is 4.98 Å². The molecule has 0 unspecified atom stereocenters. The molecule has 3 rings (SSSR count). The average molecular weight is 401 g/mol. The predicted molar refractivity (Wildman–Crippen MR) is 112 cm³/mol. The number of carbonyl (C=O) groups is 2. The van der Waals surface area contributed by atoms with Gasteiger partial charge in [-0.2, -0.15) is 0 Å². The summed E-state index contributed by atoms with van der Waals surface area (Å²) in [5.74, 6) is 1.16. The van der Waals surface area contributed by atoms with Crippen LogP contribution in [-0.4, -0.2) is 47.9 Å². The minimum Gasteiger partial charge on any atom is -0.353 e. The average Bonchev–Trinajstić information content (AvgIpc) is 2.67. The van der Waals surface area contributed by atoms with Gasteiger partial charge in [0.05, 0.1) is 11.9 Å². The van der Waals surface area contributed by atoms with Crippen LogP contribution in [0.5, 0.6) is 0 Å². The maximum absolute atomic E-state index is 12.6. The van der Waals surface area contributed by atoms with E-state index in [1.165, 1.54) is 0 Å². The number of nitrogens with zero attached hydrogens (tertiary/aromatic N) is 3. The van der Waals surface area contributed by atoms with E-state index in [0.717, 1.165) is 5.82 Å². The Hall–Kier alpha value is -2.60. The Balaban J connectivity index is 1.54. The molecule has 1 aliphatic heterocycles. The van der Waals surface area contributed by atoms with E-state index in [2.05, 4.69) is 15.2 Å². The number of amides is 2. The summed E-state index contributed by atoms with van der Waals surface area (Å²) in [6.45, 7) is 6.69. The van der Waals surface area contributed by atoms with Crippen molar-refractivity contribution < 1.29 is 9.59 Å². The van der Waals surface area contributed by atoms with Gasteiger partial charge in [0.15, 0.2) is 0 Å². The van der Waals surface area contributed by atoms with Gasteiger partial charge in [0.1, 0.15) is 5.82 Å². The van der Waals surface area contributed by atoms with Crippen LogP contribution in [0.2, 0.25) is 5.02 Å². The van der Waals surface area contributed by atoms with Crippen molar-refractivity contribution in [2.75, 3.05) is 36.4 Å². The second-order valence-corrected chi connectivity index (χ2v) is 7.78. The Bertz CT molecular complexity index is 831. The SMILES string of the molecule is CC(C)CC(=O)Nc1ccc(N2CCN(C(=O)c3cccc(Cl)c3)CC2)nc1. The highest BCUT2D eigenvalue weighted by Crippen LogP contribution is 2.18. The van der Waals surface area contributed by atoms with Crippen molar-refractivity contribution in [3.05, 3.63) is 53.2 Å². The van der Waals surface area contributed by atoms with E-state index in [4.69, 9.17) is 11.6 Å². The molecule has 2 amide bonds. The molecule has 7 heteroatoms. The number of anilines is 2. The number of piperazine rings is 1. The number of benzene rings is 1. The number of hydrogen-bond acceptors (Lipinski definition) is 4. The van der Waals surface area contributed by atoms with Gasteiger partial charge < -0.3 is 15.1 Å². The number of pyridine rings is 1. The minimum atomic E-state index is -0.00214. The number of nitrogens with one attached hydrogen (secondary N) is 1. The van der Waals surface area contributed by atoms with Gasteiger partial charge in [-0.3, -0.25) is 9.59 Å². The summed E-state index contributed by atoms with van der Waals surface area (Å²) in [7, 11) is 0. The first-order chi connectivity index (χ1) is 13.4. The molecule has 2 aromatic rings. The number of aromatic nitrogens is 1. The van der Waals surface area contributed by atoms with Crippen molar-refractivity contribution in [1.82, 2.24) is 9.88 Å². The molecule has 0 aliphatic carbocycles. The first kappa shape index (κ1) is 20.1. The Labute approximate surface area is 170 Å². The molecule has 1 aliphatic rings. The first-order valence-corrected chi connectivity index (χ1v) is 9.86. The second-order valence-electron chi connectivity index (χ2n) is 7.34. The first-order valence-electron chi connectivity index (χ1n) is 9.48. The summed E-state index contributed by atoms with van der Waals surface area (Å²) in [6, 6.07) is 10.8. The molecule has 1 aromatic carbocycles. The third-order valence-corrected chi connectivity index (χ3v) is 4.82. The lowest BCUT2D eigenvalue weighted by molar-refractivity contribution is -0.116. The summed E-state index contributed by atoms with van der Waals surface area (Å²) >= 11 is 5.99. The van der Waals surface area contributed by atoms with E-state index in [-0.39, 0.29) is 11.8 Å². The van der Waals surface area contributed by atoms with Crippen LogP contribution >= 0.6 is 11.6 Å². The molecule has 0 bridgehead atoms. The lowest BCUT2D eigenvalue weighted by Gasteiger charge is -2.35. The van der Waals surface area contributed by atoms with Gasteiger partial charge in [0.25, 0.3) is 5.91 Å². The van der Waals surface area contributed by atoms with Gasteiger partial charge in [-0.15, -0.1) is 0 Å². The lowest BCUT2D eigenvalue weighted by atomic mass is 10.1. The van der Waals surface area contributed by atoms with E-state index < -0.39 is 0 Å². The van der Waals surface area contributed by atoms with Gasteiger partial charge in [-0.1, -0.05) is 31.5 Å². The largest absolute Gasteiger partial charge is 0.353 e. The molecule has 148 valence electrons. The van der Waals surface area contributed by atoms with Crippen molar-refractivity contribution >= 4 is 34.9 Å². The third-order valence-electron chi connectivity index (χ3n) is 4.59. The predicted octanol–water partition coefficient (Wildman–Crippen LogP) is 3.68. The molecule has 0 spiro atoms. The van der Waals surface area contributed by atoms with Crippen molar-refractivity contribution in [2.45, 2.75) is 20.3 Å². The molecule has 0 saturated carbocycles. The maximum atomic E-state index is 12.6. The Morgan fingerprint density at radius 1 is 1.14 bits per heavy atom. The fourth-order valence-corrected chi connectivity index (χ4v) is 3.36. The standard InChI is InChI=1S/C21H25ClN4O2/c1-15(2)12-20(27)24-18-6-7-19(23-14-18)25-8-10-26(11-9-25)21(28)16-4-3-5-17(22)13-16/h3-7,13-15H,8-12H2,1-2H3,(H,24,27). The van der Waals surface area contributed by atoms with Crippen LogP contribution in [0, 0.1) is 5.92 Å². The number of hydrogen-bond donors (Lipinski definition) is 1. The highest BCUT2D eigenvalue weighted by atomic mass is 35.5. The zero-order chi connectivity index (χ0) is 20.1. The number of carbonyl (C=O) groups excluding carboxylic acids is 2. The van der Waals surface area contributed by atoms with Crippen LogP contribution in [0.1, 0.15) is 30.6 Å². The van der Waals surface area contributed by atoms with E-state index in [9.17, 15) is 9.59 Å². The topological polar surface area (TPSA) is 65.5 Å². The van der Waals surface area contributed by atoms with Gasteiger partial charge in [0.2, 0.25) is 5.91 Å². The van der Waals surface area contributed by atoms with Crippen molar-refractivity contribution in [1.29, 1.82) is 0 Å². The van der Waals surface area contributed by atoms with Gasteiger partial charge in [0, 0.05) is 43.2 Å². The Morgan fingerprint density at radius 3 is 2.50 bits per heavy atom. The van der Waals surface area contributed by atoms with Crippen LogP contribution in [-0.2, 0) is 4.79 Å². The van der Waals surface area contributed by atoms with Crippen LogP contribution in [0.3, 0.4) is 0 Å². The quantitative estimate of drug-likeness (QED) is 0.831. The normalized spacial score (nSPS) is 14.3. The molecule has 6 nitrogen and oxygen atoms in total. The van der Waals surface area contributed by atoms with E-state index in [1.54, 1.807) is 30.5 Å². The smallest absolute Gasteiger partial charge is 0.254 e. The Kier molecular flexibility index (Phi) is 6.52. The molecule has 28 heavy (non-hydrogen) atoms. The Morgan fingerprint density at radius 2 is 1.89 bits per heavy atom. The van der Waals surface area contributed by atoms with Crippen LogP contribution in [0.15, 0.2) is 42.6 Å². The summed E-state index contributed by atoms with van der Waals surface area (Å²) in [5, 5.41) is 3.43. The number of halogens is 1. The molecule has 1 saturated heterocycles. The van der Waals surface area contributed by atoms with E-state index in [0.29, 0.717) is 54.8 Å². The molecule has 1 N–H and O–H groups in total. The van der Waals surface area contributed by atoms with Crippen LogP contribution in [0.4, 0.5) is 11.5 Å². The molecular weight excluding hydrogens is 376 g/mol. The summed E-state index contributed by atoms with van der Waals surface area (Å²) in [6.07, 6.45) is 2.17. The highest BCUT2D eigenvalue weighted by Gasteiger charge is 2.23. The molecule has 1 fully saturated rings. The number of rotatable bonds is 5. The van der Waals surface area contributed by atoms with Gasteiger partial charge >= 0.3 is 0 Å². The summed E-state index contributed by atoms with van der Waals surface area (Å²) in [5.41, 5.74) is 1.31. The lowest BCUT2D eigenvalue weighted by Crippen LogP contribution is -2.49. The highest BCUT2D eigenvalue weighted by molar-refractivity contribution is 6.30. The van der Waals surface area contributed by atoms with E-state index in [1.807, 2.05) is 30.9 Å². The minimum absolute atomic E-state index is 0.00155. The molecule has 1 aromatic heterocycles. The summed E-state index contributed by atoms with van der Waals surface area (Å²) < 4.78 is 0. The monoisotopic (exact) mass is 400 g/mol. The van der Waals surface area contributed by atoms with Crippen molar-refractivity contribution in [3.63, 3.8) is 0 Å². The maximum Gasteiger partial charge on any atom is 0.254 e. The fourth-order valence-electron chi connectivity index (χ4n) is 3.17. The molecule has 0 atom stereocenters. The zero-order valence-electron chi connectivity index (χ0n) is 16.2.